The van der Waals surface area contributed by atoms with Crippen LogP contribution in [0.3, 0.4) is 0 Å². The van der Waals surface area contributed by atoms with Crippen LogP contribution in [0.5, 0.6) is 0 Å². The Bertz CT molecular complexity index is 463. The largest absolute Gasteiger partial charge is 0.481 e. The normalized spacial score (nSPS) is 16.5. The van der Waals surface area contributed by atoms with Gasteiger partial charge in [-0.2, -0.15) is 0 Å². The minimum atomic E-state index is -0.655. The van der Waals surface area contributed by atoms with Gasteiger partial charge in [0.15, 0.2) is 0 Å². The van der Waals surface area contributed by atoms with Gasteiger partial charge in [0, 0.05) is 12.8 Å². The smallest absolute Gasteiger partial charge is 0.303 e. The van der Waals surface area contributed by atoms with Crippen molar-refractivity contribution in [2.75, 3.05) is 0 Å². The van der Waals surface area contributed by atoms with Gasteiger partial charge in [-0.15, -0.1) is 0 Å². The summed E-state index contributed by atoms with van der Waals surface area (Å²) in [6, 6.07) is 0. The fourth-order valence-corrected chi connectivity index (χ4v) is 5.35. The van der Waals surface area contributed by atoms with Gasteiger partial charge in [0.25, 0.3) is 0 Å². The number of unbranched alkanes of at least 4 members (excludes halogenated alkanes) is 12. The molecule has 1 aliphatic rings. The molecule has 0 aliphatic heterocycles. The van der Waals surface area contributed by atoms with E-state index in [9.17, 15) is 9.59 Å². The van der Waals surface area contributed by atoms with E-state index in [1.165, 1.54) is 141 Å². The van der Waals surface area contributed by atoms with E-state index in [2.05, 4.69) is 6.92 Å². The Hall–Kier alpha value is -1.06. The Labute approximate surface area is 224 Å². The van der Waals surface area contributed by atoms with Crippen LogP contribution in [0, 0.1) is 5.92 Å². The molecule has 0 bridgehead atoms. The average Bonchev–Trinajstić information content (AvgIpc) is 2.84. The van der Waals surface area contributed by atoms with Crippen LogP contribution in [-0.4, -0.2) is 22.2 Å². The first-order valence-corrected chi connectivity index (χ1v) is 16.0. The molecule has 0 saturated heterocycles. The van der Waals surface area contributed by atoms with Crippen molar-refractivity contribution in [1.82, 2.24) is 0 Å². The molecule has 36 heavy (non-hydrogen) atoms. The molecule has 0 atom stereocenters. The highest BCUT2D eigenvalue weighted by Gasteiger charge is 2.12. The topological polar surface area (TPSA) is 74.6 Å². The average molecular weight is 511 g/mol. The summed E-state index contributed by atoms with van der Waals surface area (Å²) < 4.78 is 0. The van der Waals surface area contributed by atoms with Gasteiger partial charge in [-0.3, -0.25) is 9.59 Å². The second kappa shape index (κ2) is 28.5. The Kier molecular flexibility index (Phi) is 27.7. The van der Waals surface area contributed by atoms with Gasteiger partial charge in [0.05, 0.1) is 0 Å². The lowest BCUT2D eigenvalue weighted by Gasteiger charge is -2.15. The van der Waals surface area contributed by atoms with Gasteiger partial charge in [-0.25, -0.2) is 0 Å². The third-order valence-corrected chi connectivity index (χ3v) is 7.68. The predicted molar refractivity (Wildman–Crippen MR) is 154 cm³/mol. The molecular weight excluding hydrogens is 448 g/mol. The molecule has 1 rings (SSSR count). The number of hydrogen-bond donors (Lipinski definition) is 2. The summed E-state index contributed by atoms with van der Waals surface area (Å²) in [5.74, 6) is -0.829. The molecule has 214 valence electrons. The monoisotopic (exact) mass is 510 g/mol. The second-order valence-corrected chi connectivity index (χ2v) is 11.3. The van der Waals surface area contributed by atoms with Crippen molar-refractivity contribution in [2.24, 2.45) is 5.92 Å². The third kappa shape index (κ3) is 29.2. The van der Waals surface area contributed by atoms with E-state index >= 15 is 0 Å². The molecule has 4 nitrogen and oxygen atoms in total. The zero-order valence-corrected chi connectivity index (χ0v) is 24.1. The van der Waals surface area contributed by atoms with Gasteiger partial charge in [0.2, 0.25) is 0 Å². The summed E-state index contributed by atoms with van der Waals surface area (Å²) in [6.45, 7) is 2.26. The first-order valence-electron chi connectivity index (χ1n) is 16.0. The highest BCUT2D eigenvalue weighted by Crippen LogP contribution is 2.23. The molecule has 0 unspecified atom stereocenters. The Balaban J connectivity index is 0.000000681. The second-order valence-electron chi connectivity index (χ2n) is 11.3. The Morgan fingerprint density at radius 2 is 0.833 bits per heavy atom. The van der Waals surface area contributed by atoms with E-state index in [-0.39, 0.29) is 0 Å². The molecule has 2 N–H and O–H groups in total. The van der Waals surface area contributed by atoms with Crippen molar-refractivity contribution in [3.05, 3.63) is 0 Å². The molecular formula is C32H62O4. The summed E-state index contributed by atoms with van der Waals surface area (Å²) in [6.07, 6.45) is 34.7. The number of hydrogen-bond acceptors (Lipinski definition) is 2. The third-order valence-electron chi connectivity index (χ3n) is 7.68. The maximum absolute atomic E-state index is 10.8. The van der Waals surface area contributed by atoms with E-state index in [4.69, 9.17) is 10.2 Å². The molecule has 0 radical (unpaired) electrons. The first kappa shape index (κ1) is 34.9. The Morgan fingerprint density at radius 1 is 0.500 bits per heavy atom. The molecule has 1 fully saturated rings. The summed E-state index contributed by atoms with van der Waals surface area (Å²) in [7, 11) is 0. The SMILES string of the molecule is CCCCCCCCCCCCCCCC(=O)O.O=C(O)CC1CCCCCCCCCCCCC1. The zero-order chi connectivity index (χ0) is 26.5. The van der Waals surface area contributed by atoms with Gasteiger partial charge >= 0.3 is 11.9 Å². The van der Waals surface area contributed by atoms with Crippen LogP contribution in [0.2, 0.25) is 0 Å². The van der Waals surface area contributed by atoms with Crippen molar-refractivity contribution in [2.45, 2.75) is 187 Å². The van der Waals surface area contributed by atoms with Crippen molar-refractivity contribution in [3.63, 3.8) is 0 Å². The van der Waals surface area contributed by atoms with E-state index in [0.717, 1.165) is 25.7 Å². The number of carbonyl (C=O) groups is 2. The van der Waals surface area contributed by atoms with E-state index in [1.54, 1.807) is 0 Å². The van der Waals surface area contributed by atoms with Crippen molar-refractivity contribution in [1.29, 1.82) is 0 Å². The fraction of sp³-hybridized carbons (Fsp3) is 0.938. The number of carboxylic acids is 2. The van der Waals surface area contributed by atoms with Crippen LogP contribution in [0.25, 0.3) is 0 Å². The van der Waals surface area contributed by atoms with Crippen molar-refractivity contribution in [3.8, 4) is 0 Å². The van der Waals surface area contributed by atoms with Crippen LogP contribution in [0.4, 0.5) is 0 Å². The molecule has 4 heteroatoms. The zero-order valence-electron chi connectivity index (χ0n) is 24.1. The van der Waals surface area contributed by atoms with E-state index in [1.807, 2.05) is 0 Å². The summed E-state index contributed by atoms with van der Waals surface area (Å²) in [5, 5.41) is 17.4. The van der Waals surface area contributed by atoms with E-state index in [0.29, 0.717) is 18.8 Å². The van der Waals surface area contributed by atoms with Crippen molar-refractivity contribution >= 4 is 11.9 Å². The lowest BCUT2D eigenvalue weighted by molar-refractivity contribution is -0.138. The fourth-order valence-electron chi connectivity index (χ4n) is 5.35. The molecule has 0 aromatic heterocycles. The highest BCUT2D eigenvalue weighted by atomic mass is 16.4. The maximum Gasteiger partial charge on any atom is 0.303 e. The lowest BCUT2D eigenvalue weighted by Crippen LogP contribution is -2.08. The molecule has 0 amide bonds. The van der Waals surface area contributed by atoms with Gasteiger partial charge in [-0.05, 0) is 25.2 Å². The van der Waals surface area contributed by atoms with Crippen LogP contribution in [-0.2, 0) is 9.59 Å². The number of carboxylic acid groups (broad SMARTS) is 2. The van der Waals surface area contributed by atoms with Gasteiger partial charge < -0.3 is 10.2 Å². The maximum atomic E-state index is 10.8. The quantitative estimate of drug-likeness (QED) is 0.202. The minimum Gasteiger partial charge on any atom is -0.481 e. The molecule has 0 heterocycles. The lowest BCUT2D eigenvalue weighted by atomic mass is 9.91. The molecule has 1 aliphatic carbocycles. The van der Waals surface area contributed by atoms with Crippen LogP contribution >= 0.6 is 0 Å². The first-order chi connectivity index (χ1) is 17.6. The molecule has 1 saturated carbocycles. The minimum absolute atomic E-state index is 0.345. The summed E-state index contributed by atoms with van der Waals surface area (Å²) >= 11 is 0. The predicted octanol–water partition coefficient (Wildman–Crippen LogP) is 10.7. The summed E-state index contributed by atoms with van der Waals surface area (Å²) in [5.41, 5.74) is 0. The molecule has 0 spiro atoms. The number of rotatable bonds is 16. The standard InChI is InChI=1S/C16H30O2.C16H32O2/c17-16(18)14-15-12-10-8-6-4-2-1-3-5-7-9-11-13-15;1-2-3-4-5-6-7-8-9-10-11-12-13-14-15-16(17)18/h15H,1-14H2,(H,17,18);2-15H2,1H3,(H,17,18). The van der Waals surface area contributed by atoms with Crippen LogP contribution in [0.15, 0.2) is 0 Å². The summed E-state index contributed by atoms with van der Waals surface area (Å²) in [4.78, 5) is 21.1. The Morgan fingerprint density at radius 3 is 1.17 bits per heavy atom. The van der Waals surface area contributed by atoms with Crippen LogP contribution in [0.1, 0.15) is 187 Å². The van der Waals surface area contributed by atoms with E-state index < -0.39 is 11.9 Å². The molecule has 0 aromatic carbocycles. The number of aliphatic carboxylic acids is 2. The highest BCUT2D eigenvalue weighted by molar-refractivity contribution is 5.67. The van der Waals surface area contributed by atoms with Crippen LogP contribution < -0.4 is 0 Å². The van der Waals surface area contributed by atoms with Gasteiger partial charge in [0.1, 0.15) is 0 Å². The van der Waals surface area contributed by atoms with Gasteiger partial charge in [-0.1, -0.05) is 155 Å². The van der Waals surface area contributed by atoms with Crippen molar-refractivity contribution < 1.29 is 19.8 Å². The molecule has 0 aromatic rings.